The summed E-state index contributed by atoms with van der Waals surface area (Å²) < 4.78 is 5.95. The van der Waals surface area contributed by atoms with E-state index in [-0.39, 0.29) is 0 Å². The van der Waals surface area contributed by atoms with Gasteiger partial charge in [-0.25, -0.2) is 0 Å². The average Bonchev–Trinajstić information content (AvgIpc) is 2.45. The number of fused-ring (bicyclic) bond motifs is 1. The zero-order valence-corrected chi connectivity index (χ0v) is 11.7. The molecular weight excluding hydrogens is 248 g/mol. The molecule has 3 rings (SSSR count). The molecule has 0 saturated heterocycles. The van der Waals surface area contributed by atoms with Crippen molar-refractivity contribution in [3.8, 4) is 5.75 Å². The van der Waals surface area contributed by atoms with Crippen LogP contribution >= 0.6 is 0 Å². The first-order chi connectivity index (χ1) is 9.57. The molecule has 0 fully saturated rings. The lowest BCUT2D eigenvalue weighted by atomic mass is 9.88. The van der Waals surface area contributed by atoms with Crippen LogP contribution in [0.15, 0.2) is 60.7 Å². The summed E-state index contributed by atoms with van der Waals surface area (Å²) in [6.07, 6.45) is 1.37. The van der Waals surface area contributed by atoms with Crippen molar-refractivity contribution in [3.05, 3.63) is 71.8 Å². The Bertz CT molecular complexity index is 641. The number of rotatable bonds is 2. The molecule has 1 aliphatic rings. The second kappa shape index (κ2) is 4.80. The van der Waals surface area contributed by atoms with Crippen LogP contribution < -0.4 is 4.74 Å². The van der Waals surface area contributed by atoms with Crippen LogP contribution in [0.2, 0.25) is 0 Å². The molecule has 2 aromatic rings. The van der Waals surface area contributed by atoms with Gasteiger partial charge in [-0.15, -0.1) is 0 Å². The summed E-state index contributed by atoms with van der Waals surface area (Å²) in [5.74, 6) is 0.824. The highest BCUT2D eigenvalue weighted by Crippen LogP contribution is 2.41. The number of aliphatic hydroxyl groups is 1. The minimum Gasteiger partial charge on any atom is -0.483 e. The van der Waals surface area contributed by atoms with Crippen LogP contribution in [0.5, 0.6) is 5.75 Å². The monoisotopic (exact) mass is 266 g/mol. The van der Waals surface area contributed by atoms with Crippen LogP contribution in [-0.2, 0) is 0 Å². The van der Waals surface area contributed by atoms with E-state index >= 15 is 0 Å². The molecule has 2 nitrogen and oxygen atoms in total. The molecule has 0 bridgehead atoms. The number of hydrogen-bond donors (Lipinski definition) is 1. The Morgan fingerprint density at radius 2 is 1.60 bits per heavy atom. The van der Waals surface area contributed by atoms with Crippen molar-refractivity contribution in [3.63, 3.8) is 0 Å². The number of para-hydroxylation sites is 1. The van der Waals surface area contributed by atoms with Crippen molar-refractivity contribution < 1.29 is 9.84 Å². The third-order valence-electron chi connectivity index (χ3n) is 3.48. The van der Waals surface area contributed by atoms with Crippen molar-refractivity contribution in [1.82, 2.24) is 0 Å². The lowest BCUT2D eigenvalue weighted by molar-refractivity contribution is 0.152. The van der Waals surface area contributed by atoms with E-state index in [0.29, 0.717) is 0 Å². The summed E-state index contributed by atoms with van der Waals surface area (Å²) in [6, 6.07) is 17.6. The second-order valence-electron chi connectivity index (χ2n) is 5.61. The maximum atomic E-state index is 10.7. The molecule has 2 heteroatoms. The minimum atomic E-state index is -0.638. The molecule has 0 saturated carbocycles. The zero-order valence-electron chi connectivity index (χ0n) is 11.7. The number of aliphatic hydroxyl groups excluding tert-OH is 1. The van der Waals surface area contributed by atoms with Crippen LogP contribution in [0.25, 0.3) is 5.57 Å². The Labute approximate surface area is 119 Å². The van der Waals surface area contributed by atoms with Gasteiger partial charge in [-0.2, -0.15) is 0 Å². The molecule has 1 N–H and O–H groups in total. The van der Waals surface area contributed by atoms with Gasteiger partial charge in [0.15, 0.2) is 0 Å². The summed E-state index contributed by atoms with van der Waals surface area (Å²) in [5.41, 5.74) is 2.34. The molecule has 2 aromatic carbocycles. The summed E-state index contributed by atoms with van der Waals surface area (Å²) in [6.45, 7) is 4.00. The van der Waals surface area contributed by atoms with Crippen molar-refractivity contribution in [2.24, 2.45) is 0 Å². The zero-order chi connectivity index (χ0) is 14.2. The first-order valence-corrected chi connectivity index (χ1v) is 6.81. The van der Waals surface area contributed by atoms with Crippen molar-refractivity contribution >= 4 is 5.57 Å². The smallest absolute Gasteiger partial charge is 0.128 e. The maximum Gasteiger partial charge on any atom is 0.128 e. The molecule has 0 aromatic heterocycles. The lowest BCUT2D eigenvalue weighted by Gasteiger charge is -2.32. The normalized spacial score (nSPS) is 17.6. The van der Waals surface area contributed by atoms with E-state index in [2.05, 4.69) is 0 Å². The van der Waals surface area contributed by atoms with Crippen LogP contribution in [0, 0.1) is 0 Å². The van der Waals surface area contributed by atoms with E-state index in [0.717, 1.165) is 22.4 Å². The molecule has 0 radical (unpaired) electrons. The Balaban J connectivity index is 2.09. The highest BCUT2D eigenvalue weighted by molar-refractivity contribution is 5.76. The van der Waals surface area contributed by atoms with E-state index in [9.17, 15) is 5.11 Å². The van der Waals surface area contributed by atoms with Gasteiger partial charge in [0, 0.05) is 5.56 Å². The Morgan fingerprint density at radius 1 is 0.950 bits per heavy atom. The quantitative estimate of drug-likeness (QED) is 0.891. The molecule has 1 heterocycles. The van der Waals surface area contributed by atoms with Crippen molar-refractivity contribution in [2.75, 3.05) is 0 Å². The number of benzene rings is 2. The van der Waals surface area contributed by atoms with Gasteiger partial charge in [0.1, 0.15) is 17.5 Å². The van der Waals surface area contributed by atoms with Gasteiger partial charge in [-0.1, -0.05) is 48.5 Å². The molecule has 0 amide bonds. The standard InChI is InChI=1S/C18H18O2/c1-18(2)12-15(14-10-6-7-11-16(14)20-18)17(19)13-8-4-3-5-9-13/h3-12,17,19H,1-2H3. The summed E-state index contributed by atoms with van der Waals surface area (Å²) in [4.78, 5) is 0. The molecule has 1 unspecified atom stereocenters. The fourth-order valence-electron chi connectivity index (χ4n) is 2.60. The largest absolute Gasteiger partial charge is 0.483 e. The van der Waals surface area contributed by atoms with Gasteiger partial charge in [-0.05, 0) is 37.1 Å². The number of ether oxygens (including phenoxy) is 1. The van der Waals surface area contributed by atoms with E-state index in [1.807, 2.05) is 74.5 Å². The number of hydrogen-bond acceptors (Lipinski definition) is 2. The first kappa shape index (κ1) is 12.9. The molecule has 1 aliphatic heterocycles. The second-order valence-corrected chi connectivity index (χ2v) is 5.61. The summed E-state index contributed by atoms with van der Waals surface area (Å²) in [7, 11) is 0. The molecule has 102 valence electrons. The summed E-state index contributed by atoms with van der Waals surface area (Å²) >= 11 is 0. The van der Waals surface area contributed by atoms with Crippen molar-refractivity contribution in [1.29, 1.82) is 0 Å². The van der Waals surface area contributed by atoms with E-state index < -0.39 is 11.7 Å². The highest BCUT2D eigenvalue weighted by atomic mass is 16.5. The van der Waals surface area contributed by atoms with E-state index in [1.54, 1.807) is 0 Å². The SMILES string of the molecule is CC1(C)C=C(C(O)c2ccccc2)c2ccccc2O1. The third kappa shape index (κ3) is 2.35. The molecular formula is C18H18O2. The fourth-order valence-corrected chi connectivity index (χ4v) is 2.60. The van der Waals surface area contributed by atoms with Gasteiger partial charge in [0.2, 0.25) is 0 Å². The molecule has 20 heavy (non-hydrogen) atoms. The van der Waals surface area contributed by atoms with Gasteiger partial charge < -0.3 is 9.84 Å². The van der Waals surface area contributed by atoms with Crippen LogP contribution in [0.3, 0.4) is 0 Å². The first-order valence-electron chi connectivity index (χ1n) is 6.81. The van der Waals surface area contributed by atoms with Gasteiger partial charge in [0.05, 0.1) is 0 Å². The predicted octanol–water partition coefficient (Wildman–Crippen LogP) is 3.97. The molecule has 1 atom stereocenters. The molecule has 0 aliphatic carbocycles. The van der Waals surface area contributed by atoms with Crippen molar-refractivity contribution in [2.45, 2.75) is 25.6 Å². The van der Waals surface area contributed by atoms with Crippen LogP contribution in [0.4, 0.5) is 0 Å². The van der Waals surface area contributed by atoms with Crippen LogP contribution in [0.1, 0.15) is 31.1 Å². The predicted molar refractivity (Wildman–Crippen MR) is 80.5 cm³/mol. The lowest BCUT2D eigenvalue weighted by Crippen LogP contribution is -2.29. The van der Waals surface area contributed by atoms with Crippen LogP contribution in [-0.4, -0.2) is 10.7 Å². The fraction of sp³-hybridized carbons (Fsp3) is 0.222. The minimum absolute atomic E-state index is 0.417. The van der Waals surface area contributed by atoms with Gasteiger partial charge in [0.25, 0.3) is 0 Å². The third-order valence-corrected chi connectivity index (χ3v) is 3.48. The Morgan fingerprint density at radius 3 is 2.35 bits per heavy atom. The van der Waals surface area contributed by atoms with E-state index in [4.69, 9.17) is 4.74 Å². The highest BCUT2D eigenvalue weighted by Gasteiger charge is 2.29. The maximum absolute atomic E-state index is 10.7. The van der Waals surface area contributed by atoms with Gasteiger partial charge >= 0.3 is 0 Å². The van der Waals surface area contributed by atoms with E-state index in [1.165, 1.54) is 0 Å². The Hall–Kier alpha value is -2.06. The average molecular weight is 266 g/mol. The molecule has 0 spiro atoms. The summed E-state index contributed by atoms with van der Waals surface area (Å²) in [5, 5.41) is 10.7. The topological polar surface area (TPSA) is 29.5 Å². The van der Waals surface area contributed by atoms with Gasteiger partial charge in [-0.3, -0.25) is 0 Å². The Kier molecular flexibility index (Phi) is 3.11.